The molecule has 0 atom stereocenters. The van der Waals surface area contributed by atoms with Crippen LogP contribution in [-0.4, -0.2) is 36.2 Å². The Morgan fingerprint density at radius 2 is 1.96 bits per heavy atom. The van der Waals surface area contributed by atoms with E-state index in [0.717, 1.165) is 16.7 Å². The van der Waals surface area contributed by atoms with Crippen molar-refractivity contribution in [2.45, 2.75) is 25.5 Å². The van der Waals surface area contributed by atoms with Crippen LogP contribution in [0.15, 0.2) is 41.6 Å². The molecule has 0 aliphatic heterocycles. The molecule has 0 unspecified atom stereocenters. The molecule has 0 bridgehead atoms. The van der Waals surface area contributed by atoms with Gasteiger partial charge in [-0.2, -0.15) is 5.10 Å². The maximum Gasteiger partial charge on any atom is 0.235 e. The van der Waals surface area contributed by atoms with E-state index in [4.69, 9.17) is 0 Å². The molecule has 0 fully saturated rings. The second kappa shape index (κ2) is 7.52. The number of rotatable bonds is 6. The number of carbonyl (C=O) groups excluding carboxylic acids is 1. The Hall–Kier alpha value is -2.61. The lowest BCUT2D eigenvalue weighted by Crippen LogP contribution is -2.17. The summed E-state index contributed by atoms with van der Waals surface area (Å²) < 4.78 is 3.67. The molecule has 3 aromatic rings. The van der Waals surface area contributed by atoms with E-state index >= 15 is 0 Å². The zero-order valence-corrected chi connectivity index (χ0v) is 15.2. The van der Waals surface area contributed by atoms with Gasteiger partial charge in [-0.15, -0.1) is 10.2 Å². The van der Waals surface area contributed by atoms with Crippen molar-refractivity contribution in [3.05, 3.63) is 53.5 Å². The van der Waals surface area contributed by atoms with E-state index in [2.05, 4.69) is 32.7 Å². The first-order valence-corrected chi connectivity index (χ1v) is 8.88. The first-order chi connectivity index (χ1) is 12.0. The van der Waals surface area contributed by atoms with Crippen LogP contribution in [0.2, 0.25) is 0 Å². The molecule has 130 valence electrons. The van der Waals surface area contributed by atoms with Crippen LogP contribution in [0.4, 0.5) is 5.82 Å². The molecule has 0 aliphatic carbocycles. The minimum Gasteiger partial charge on any atom is -0.310 e. The van der Waals surface area contributed by atoms with Crippen molar-refractivity contribution in [3.63, 3.8) is 0 Å². The highest BCUT2D eigenvalue weighted by Gasteiger charge is 2.13. The molecule has 7 nitrogen and oxygen atoms in total. The highest BCUT2D eigenvalue weighted by atomic mass is 32.2. The predicted molar refractivity (Wildman–Crippen MR) is 97.6 cm³/mol. The number of carbonyl (C=O) groups is 1. The van der Waals surface area contributed by atoms with Crippen molar-refractivity contribution in [2.75, 3.05) is 11.1 Å². The van der Waals surface area contributed by atoms with Crippen molar-refractivity contribution in [1.29, 1.82) is 0 Å². The van der Waals surface area contributed by atoms with Gasteiger partial charge in [0.2, 0.25) is 5.91 Å². The van der Waals surface area contributed by atoms with Gasteiger partial charge < -0.3 is 9.88 Å². The molecule has 0 spiro atoms. The molecule has 1 amide bonds. The minimum absolute atomic E-state index is 0.0973. The molecule has 0 saturated carbocycles. The Morgan fingerprint density at radius 1 is 1.20 bits per heavy atom. The third kappa shape index (κ3) is 4.27. The molecule has 1 aromatic carbocycles. The van der Waals surface area contributed by atoms with Crippen LogP contribution in [-0.2, 0) is 18.4 Å². The topological polar surface area (TPSA) is 77.6 Å². The number of amides is 1. The van der Waals surface area contributed by atoms with Crippen LogP contribution in [0.1, 0.15) is 17.1 Å². The van der Waals surface area contributed by atoms with Gasteiger partial charge in [0.1, 0.15) is 11.6 Å². The number of anilines is 1. The Balaban J connectivity index is 1.63. The summed E-state index contributed by atoms with van der Waals surface area (Å²) >= 11 is 1.37. The fourth-order valence-corrected chi connectivity index (χ4v) is 3.24. The monoisotopic (exact) mass is 356 g/mol. The van der Waals surface area contributed by atoms with E-state index in [9.17, 15) is 4.79 Å². The van der Waals surface area contributed by atoms with Crippen molar-refractivity contribution in [1.82, 2.24) is 24.5 Å². The number of nitrogens with one attached hydrogen (secondary N) is 1. The summed E-state index contributed by atoms with van der Waals surface area (Å²) in [6, 6.07) is 12.0. The molecule has 0 aliphatic rings. The second-order valence-corrected chi connectivity index (χ2v) is 6.68. The predicted octanol–water partition coefficient (Wildman–Crippen LogP) is 2.41. The summed E-state index contributed by atoms with van der Waals surface area (Å²) in [7, 11) is 1.80. The summed E-state index contributed by atoms with van der Waals surface area (Å²) in [5.41, 5.74) is 2.03. The summed E-state index contributed by atoms with van der Waals surface area (Å²) in [6.07, 6.45) is 0. The van der Waals surface area contributed by atoms with Crippen LogP contribution in [0.3, 0.4) is 0 Å². The van der Waals surface area contributed by atoms with Gasteiger partial charge in [0, 0.05) is 13.1 Å². The minimum atomic E-state index is -0.0973. The maximum atomic E-state index is 12.2. The largest absolute Gasteiger partial charge is 0.310 e. The Bertz CT molecular complexity index is 871. The van der Waals surface area contributed by atoms with Gasteiger partial charge in [-0.25, -0.2) is 0 Å². The average Bonchev–Trinajstić information content (AvgIpc) is 3.09. The molecular weight excluding hydrogens is 336 g/mol. The number of aromatic nitrogens is 5. The van der Waals surface area contributed by atoms with Crippen molar-refractivity contribution >= 4 is 23.5 Å². The lowest BCUT2D eigenvalue weighted by atomic mass is 10.2. The number of hydrogen-bond donors (Lipinski definition) is 1. The van der Waals surface area contributed by atoms with Crippen molar-refractivity contribution in [3.8, 4) is 0 Å². The molecule has 25 heavy (non-hydrogen) atoms. The van der Waals surface area contributed by atoms with Gasteiger partial charge >= 0.3 is 0 Å². The summed E-state index contributed by atoms with van der Waals surface area (Å²) in [6.45, 7) is 4.49. The smallest absolute Gasteiger partial charge is 0.235 e. The fraction of sp³-hybridized carbons (Fsp3) is 0.294. The second-order valence-electron chi connectivity index (χ2n) is 5.73. The zero-order valence-electron chi connectivity index (χ0n) is 14.4. The van der Waals surface area contributed by atoms with Crippen LogP contribution in [0.5, 0.6) is 0 Å². The quantitative estimate of drug-likeness (QED) is 0.686. The first kappa shape index (κ1) is 17.2. The summed E-state index contributed by atoms with van der Waals surface area (Å²) in [5.74, 6) is 1.68. The van der Waals surface area contributed by atoms with Crippen LogP contribution in [0.25, 0.3) is 0 Å². The number of benzene rings is 1. The number of hydrogen-bond acceptors (Lipinski definition) is 5. The van der Waals surface area contributed by atoms with E-state index in [1.165, 1.54) is 17.3 Å². The molecule has 2 heterocycles. The summed E-state index contributed by atoms with van der Waals surface area (Å²) in [4.78, 5) is 12.2. The van der Waals surface area contributed by atoms with Crippen LogP contribution >= 0.6 is 11.8 Å². The standard InChI is InChI=1S/C17H20N6OS/c1-12-9-15(22(3)21-12)18-16(24)11-25-17-20-19-13(2)23(17)10-14-7-5-4-6-8-14/h4-9H,10-11H2,1-3H3,(H,18,24). The SMILES string of the molecule is Cc1cc(NC(=O)CSc2nnc(C)n2Cc2ccccc2)n(C)n1. The normalized spacial score (nSPS) is 10.8. The third-order valence-electron chi connectivity index (χ3n) is 3.69. The molecule has 1 N–H and O–H groups in total. The molecule has 0 saturated heterocycles. The highest BCUT2D eigenvalue weighted by molar-refractivity contribution is 7.99. The van der Waals surface area contributed by atoms with E-state index in [1.54, 1.807) is 11.7 Å². The number of thioether (sulfide) groups is 1. The number of nitrogens with zero attached hydrogens (tertiary/aromatic N) is 5. The lowest BCUT2D eigenvalue weighted by molar-refractivity contribution is -0.113. The molecular formula is C17H20N6OS. The van der Waals surface area contributed by atoms with E-state index in [1.807, 2.05) is 42.7 Å². The number of aryl methyl sites for hydroxylation is 3. The Kier molecular flexibility index (Phi) is 5.18. The summed E-state index contributed by atoms with van der Waals surface area (Å²) in [5, 5.41) is 16.1. The van der Waals surface area contributed by atoms with Crippen LogP contribution in [0, 0.1) is 13.8 Å². The van der Waals surface area contributed by atoms with E-state index in [0.29, 0.717) is 12.4 Å². The maximum absolute atomic E-state index is 12.2. The van der Waals surface area contributed by atoms with Gasteiger partial charge in [-0.1, -0.05) is 42.1 Å². The fourth-order valence-electron chi connectivity index (χ4n) is 2.45. The van der Waals surface area contributed by atoms with Gasteiger partial charge in [0.15, 0.2) is 5.16 Å². The van der Waals surface area contributed by atoms with Crippen molar-refractivity contribution < 1.29 is 4.79 Å². The van der Waals surface area contributed by atoms with Gasteiger partial charge in [0.05, 0.1) is 18.0 Å². The van der Waals surface area contributed by atoms with Crippen LogP contribution < -0.4 is 5.32 Å². The van der Waals surface area contributed by atoms with E-state index in [-0.39, 0.29) is 11.7 Å². The lowest BCUT2D eigenvalue weighted by Gasteiger charge is -2.09. The molecule has 0 radical (unpaired) electrons. The van der Waals surface area contributed by atoms with E-state index < -0.39 is 0 Å². The van der Waals surface area contributed by atoms with Crippen molar-refractivity contribution in [2.24, 2.45) is 7.05 Å². The molecule has 3 rings (SSSR count). The van der Waals surface area contributed by atoms with Gasteiger partial charge in [-0.05, 0) is 19.4 Å². The third-order valence-corrected chi connectivity index (χ3v) is 4.65. The average molecular weight is 356 g/mol. The highest BCUT2D eigenvalue weighted by Crippen LogP contribution is 2.19. The van der Waals surface area contributed by atoms with Gasteiger partial charge in [-0.3, -0.25) is 9.48 Å². The molecule has 8 heteroatoms. The molecule has 2 aromatic heterocycles. The Morgan fingerprint density at radius 3 is 2.64 bits per heavy atom. The van der Waals surface area contributed by atoms with Gasteiger partial charge in [0.25, 0.3) is 0 Å². The zero-order chi connectivity index (χ0) is 17.8. The first-order valence-electron chi connectivity index (χ1n) is 7.90. The Labute approximate surface area is 150 Å².